The van der Waals surface area contributed by atoms with Gasteiger partial charge in [-0.1, -0.05) is 37.6 Å². The Morgan fingerprint density at radius 2 is 2.00 bits per heavy atom. The Balaban J connectivity index is 2.27. The van der Waals surface area contributed by atoms with E-state index in [1.54, 1.807) is 0 Å². The fourth-order valence-electron chi connectivity index (χ4n) is 2.72. The Hall–Kier alpha value is -1.35. The summed E-state index contributed by atoms with van der Waals surface area (Å²) < 4.78 is 0. The van der Waals surface area contributed by atoms with Crippen molar-refractivity contribution in [2.45, 2.75) is 53.2 Å². The third kappa shape index (κ3) is 3.04. The Morgan fingerprint density at radius 1 is 1.30 bits per heavy atom. The highest BCUT2D eigenvalue weighted by Gasteiger charge is 2.37. The minimum atomic E-state index is -0.0907. The summed E-state index contributed by atoms with van der Waals surface area (Å²) in [5.74, 6) is 0.828. The van der Waals surface area contributed by atoms with Crippen LogP contribution in [0, 0.1) is 19.8 Å². The average molecular weight is 274 g/mol. The van der Waals surface area contributed by atoms with E-state index in [1.807, 2.05) is 11.8 Å². The van der Waals surface area contributed by atoms with Gasteiger partial charge in [-0.05, 0) is 44.2 Å². The molecule has 0 spiro atoms. The van der Waals surface area contributed by atoms with Gasteiger partial charge >= 0.3 is 0 Å². The lowest BCUT2D eigenvalue weighted by atomic mass is 10.0. The lowest BCUT2D eigenvalue weighted by Crippen LogP contribution is -2.32. The van der Waals surface area contributed by atoms with Gasteiger partial charge in [0.15, 0.2) is 0 Å². The van der Waals surface area contributed by atoms with E-state index in [0.717, 1.165) is 13.0 Å². The minimum absolute atomic E-state index is 0.0242. The third-order valence-electron chi connectivity index (χ3n) is 4.05. The van der Waals surface area contributed by atoms with E-state index in [2.05, 4.69) is 51.2 Å². The van der Waals surface area contributed by atoms with Crippen LogP contribution in [-0.4, -0.2) is 23.4 Å². The van der Waals surface area contributed by atoms with Crippen molar-refractivity contribution < 1.29 is 4.79 Å². The zero-order chi connectivity index (χ0) is 14.9. The van der Waals surface area contributed by atoms with Crippen LogP contribution in [-0.2, 0) is 4.79 Å². The molecule has 0 aliphatic carbocycles. The Labute approximate surface area is 122 Å². The second kappa shape index (κ2) is 5.96. The zero-order valence-corrected chi connectivity index (χ0v) is 13.2. The molecule has 1 amide bonds. The molecule has 0 aromatic heterocycles. The summed E-state index contributed by atoms with van der Waals surface area (Å²) >= 11 is 0. The number of rotatable bonds is 4. The van der Waals surface area contributed by atoms with Crippen LogP contribution in [0.5, 0.6) is 0 Å². The maximum absolute atomic E-state index is 12.4. The van der Waals surface area contributed by atoms with Crippen LogP contribution in [0.1, 0.15) is 50.0 Å². The SMILES string of the molecule is Cc1ccc(C)c(C2NC(C)C(=O)N2CCC(C)C)c1. The number of nitrogens with zero attached hydrogens (tertiary/aromatic N) is 1. The third-order valence-corrected chi connectivity index (χ3v) is 4.05. The summed E-state index contributed by atoms with van der Waals surface area (Å²) in [6.45, 7) is 11.4. The van der Waals surface area contributed by atoms with Crippen molar-refractivity contribution in [1.82, 2.24) is 10.2 Å². The van der Waals surface area contributed by atoms with Gasteiger partial charge in [0.05, 0.1) is 6.04 Å². The van der Waals surface area contributed by atoms with Crippen LogP contribution in [0.2, 0.25) is 0 Å². The largest absolute Gasteiger partial charge is 0.322 e. The van der Waals surface area contributed by atoms with Crippen molar-refractivity contribution in [1.29, 1.82) is 0 Å². The Kier molecular flexibility index (Phi) is 4.48. The molecule has 1 fully saturated rings. The molecule has 2 rings (SSSR count). The van der Waals surface area contributed by atoms with E-state index in [0.29, 0.717) is 5.92 Å². The van der Waals surface area contributed by atoms with Gasteiger partial charge in [0.25, 0.3) is 0 Å². The van der Waals surface area contributed by atoms with E-state index in [4.69, 9.17) is 0 Å². The molecule has 1 aromatic rings. The van der Waals surface area contributed by atoms with Gasteiger partial charge in [-0.15, -0.1) is 0 Å². The number of benzene rings is 1. The molecule has 1 aromatic carbocycles. The van der Waals surface area contributed by atoms with E-state index >= 15 is 0 Å². The molecule has 110 valence electrons. The molecule has 0 bridgehead atoms. The smallest absolute Gasteiger partial charge is 0.241 e. The molecule has 1 saturated heterocycles. The molecule has 1 heterocycles. The molecule has 0 saturated carbocycles. The van der Waals surface area contributed by atoms with Crippen molar-refractivity contribution in [3.05, 3.63) is 34.9 Å². The second-order valence-corrected chi connectivity index (χ2v) is 6.37. The van der Waals surface area contributed by atoms with Crippen molar-refractivity contribution in [3.63, 3.8) is 0 Å². The summed E-state index contributed by atoms with van der Waals surface area (Å²) in [7, 11) is 0. The molecule has 2 unspecified atom stereocenters. The molecular weight excluding hydrogens is 248 g/mol. The van der Waals surface area contributed by atoms with Crippen molar-refractivity contribution >= 4 is 5.91 Å². The lowest BCUT2D eigenvalue weighted by molar-refractivity contribution is -0.130. The molecule has 2 atom stereocenters. The first kappa shape index (κ1) is 15.0. The Bertz CT molecular complexity index is 496. The van der Waals surface area contributed by atoms with E-state index in [9.17, 15) is 4.79 Å². The molecular formula is C17H26N2O. The second-order valence-electron chi connectivity index (χ2n) is 6.37. The van der Waals surface area contributed by atoms with E-state index < -0.39 is 0 Å². The first-order chi connectivity index (χ1) is 9.40. The molecule has 0 radical (unpaired) electrons. The van der Waals surface area contributed by atoms with Crippen LogP contribution in [0.4, 0.5) is 0 Å². The van der Waals surface area contributed by atoms with Crippen LogP contribution in [0.3, 0.4) is 0 Å². The predicted octanol–water partition coefficient (Wildman–Crippen LogP) is 3.17. The summed E-state index contributed by atoms with van der Waals surface area (Å²) in [5.41, 5.74) is 3.71. The zero-order valence-electron chi connectivity index (χ0n) is 13.2. The average Bonchev–Trinajstić information content (AvgIpc) is 2.66. The highest BCUT2D eigenvalue weighted by Crippen LogP contribution is 2.29. The van der Waals surface area contributed by atoms with Crippen LogP contribution in [0.25, 0.3) is 0 Å². The summed E-state index contributed by atoms with van der Waals surface area (Å²) in [5, 5.41) is 3.44. The molecule has 20 heavy (non-hydrogen) atoms. The molecule has 1 N–H and O–H groups in total. The van der Waals surface area contributed by atoms with Gasteiger partial charge in [0.2, 0.25) is 5.91 Å². The van der Waals surface area contributed by atoms with E-state index in [1.165, 1.54) is 16.7 Å². The minimum Gasteiger partial charge on any atom is -0.322 e. The van der Waals surface area contributed by atoms with Gasteiger partial charge in [0.1, 0.15) is 6.17 Å². The van der Waals surface area contributed by atoms with Gasteiger partial charge in [-0.2, -0.15) is 0 Å². The Morgan fingerprint density at radius 3 is 2.65 bits per heavy atom. The predicted molar refractivity (Wildman–Crippen MR) is 82.4 cm³/mol. The molecule has 1 aliphatic heterocycles. The topological polar surface area (TPSA) is 32.3 Å². The highest BCUT2D eigenvalue weighted by atomic mass is 16.2. The van der Waals surface area contributed by atoms with Crippen LogP contribution >= 0.6 is 0 Å². The lowest BCUT2D eigenvalue weighted by Gasteiger charge is -2.26. The maximum atomic E-state index is 12.4. The number of carbonyl (C=O) groups is 1. The van der Waals surface area contributed by atoms with Gasteiger partial charge < -0.3 is 4.90 Å². The number of carbonyl (C=O) groups excluding carboxylic acids is 1. The summed E-state index contributed by atoms with van der Waals surface area (Å²) in [6, 6.07) is 6.37. The van der Waals surface area contributed by atoms with Crippen LogP contribution < -0.4 is 5.32 Å². The quantitative estimate of drug-likeness (QED) is 0.914. The van der Waals surface area contributed by atoms with E-state index in [-0.39, 0.29) is 18.1 Å². The molecule has 1 aliphatic rings. The monoisotopic (exact) mass is 274 g/mol. The number of hydrogen-bond donors (Lipinski definition) is 1. The van der Waals surface area contributed by atoms with Gasteiger partial charge in [-0.3, -0.25) is 10.1 Å². The highest BCUT2D eigenvalue weighted by molar-refractivity contribution is 5.84. The molecule has 3 nitrogen and oxygen atoms in total. The summed E-state index contributed by atoms with van der Waals surface area (Å²) in [4.78, 5) is 14.4. The van der Waals surface area contributed by atoms with Gasteiger partial charge in [0, 0.05) is 6.54 Å². The molecule has 3 heteroatoms. The number of aryl methyl sites for hydroxylation is 2. The standard InChI is InChI=1S/C17H26N2O/c1-11(2)8-9-19-16(18-14(5)17(19)20)15-10-12(3)6-7-13(15)4/h6-7,10-11,14,16,18H,8-9H2,1-5H3. The van der Waals surface area contributed by atoms with Crippen molar-refractivity contribution in [2.75, 3.05) is 6.54 Å². The normalized spacial score (nSPS) is 22.9. The van der Waals surface area contributed by atoms with Gasteiger partial charge in [-0.25, -0.2) is 0 Å². The number of nitrogens with one attached hydrogen (secondary N) is 1. The van der Waals surface area contributed by atoms with Crippen molar-refractivity contribution in [2.24, 2.45) is 5.92 Å². The number of hydrogen-bond acceptors (Lipinski definition) is 2. The van der Waals surface area contributed by atoms with Crippen LogP contribution in [0.15, 0.2) is 18.2 Å². The fraction of sp³-hybridized carbons (Fsp3) is 0.588. The maximum Gasteiger partial charge on any atom is 0.241 e. The first-order valence-corrected chi connectivity index (χ1v) is 7.54. The fourth-order valence-corrected chi connectivity index (χ4v) is 2.72. The summed E-state index contributed by atoms with van der Waals surface area (Å²) in [6.07, 6.45) is 1.07. The first-order valence-electron chi connectivity index (χ1n) is 7.54. The van der Waals surface area contributed by atoms with Crippen molar-refractivity contribution in [3.8, 4) is 0 Å². The number of amides is 1.